The van der Waals surface area contributed by atoms with Gasteiger partial charge in [-0.1, -0.05) is 6.07 Å². The number of aromatic nitrogens is 3. The van der Waals surface area contributed by atoms with Crippen LogP contribution in [0.15, 0.2) is 24.4 Å². The van der Waals surface area contributed by atoms with Gasteiger partial charge in [-0.3, -0.25) is 4.98 Å². The molecular weight excluding hydrogens is 208 g/mol. The van der Waals surface area contributed by atoms with E-state index >= 15 is 0 Å². The van der Waals surface area contributed by atoms with Gasteiger partial charge in [0, 0.05) is 23.8 Å². The van der Waals surface area contributed by atoms with Gasteiger partial charge in [-0.25, -0.2) is 0 Å². The first kappa shape index (κ1) is 8.79. The van der Waals surface area contributed by atoms with Gasteiger partial charge < -0.3 is 5.32 Å². The Kier molecular flexibility index (Phi) is 2.10. The number of nitrogens with zero attached hydrogens (tertiary/aromatic N) is 3. The van der Waals surface area contributed by atoms with E-state index in [1.165, 1.54) is 24.4 Å². The molecule has 1 fully saturated rings. The summed E-state index contributed by atoms with van der Waals surface area (Å²) >= 11 is 1.40. The van der Waals surface area contributed by atoms with Gasteiger partial charge in [-0.2, -0.15) is 9.36 Å². The second-order valence-corrected chi connectivity index (χ2v) is 4.31. The lowest BCUT2D eigenvalue weighted by Gasteiger charge is -1.95. The highest BCUT2D eigenvalue weighted by molar-refractivity contribution is 7.09. The van der Waals surface area contributed by atoms with E-state index < -0.39 is 0 Å². The Bertz CT molecular complexity index is 449. The summed E-state index contributed by atoms with van der Waals surface area (Å²) < 4.78 is 4.27. The van der Waals surface area contributed by atoms with E-state index in [0.717, 1.165) is 10.8 Å². The number of pyridine rings is 1. The Hall–Kier alpha value is -1.49. The van der Waals surface area contributed by atoms with E-state index in [1.54, 1.807) is 6.20 Å². The second-order valence-electron chi connectivity index (χ2n) is 3.56. The highest BCUT2D eigenvalue weighted by Gasteiger charge is 2.22. The zero-order valence-corrected chi connectivity index (χ0v) is 8.87. The fourth-order valence-electron chi connectivity index (χ4n) is 1.28. The summed E-state index contributed by atoms with van der Waals surface area (Å²) in [5.41, 5.74) is 0.831. The summed E-state index contributed by atoms with van der Waals surface area (Å²) in [4.78, 5) is 8.61. The van der Waals surface area contributed by atoms with Gasteiger partial charge in [0.25, 0.3) is 0 Å². The molecule has 2 aromatic rings. The molecule has 0 unspecified atom stereocenters. The zero-order valence-electron chi connectivity index (χ0n) is 8.05. The predicted molar refractivity (Wildman–Crippen MR) is 59.8 cm³/mol. The quantitative estimate of drug-likeness (QED) is 0.857. The fourth-order valence-corrected chi connectivity index (χ4v) is 1.94. The molecule has 3 rings (SSSR count). The summed E-state index contributed by atoms with van der Waals surface area (Å²) in [7, 11) is 0. The molecule has 1 saturated carbocycles. The average molecular weight is 218 g/mol. The van der Waals surface area contributed by atoms with Crippen LogP contribution in [0.25, 0.3) is 11.5 Å². The Balaban J connectivity index is 1.83. The van der Waals surface area contributed by atoms with Crippen molar-refractivity contribution in [1.82, 2.24) is 14.3 Å². The first-order chi connectivity index (χ1) is 7.42. The molecule has 15 heavy (non-hydrogen) atoms. The molecule has 0 radical (unpaired) electrons. The molecule has 76 valence electrons. The van der Waals surface area contributed by atoms with E-state index in [-0.39, 0.29) is 0 Å². The number of hydrogen-bond acceptors (Lipinski definition) is 5. The van der Waals surface area contributed by atoms with Gasteiger partial charge in [-0.05, 0) is 25.0 Å². The van der Waals surface area contributed by atoms with Crippen LogP contribution in [-0.4, -0.2) is 20.4 Å². The Labute approximate surface area is 91.6 Å². The molecule has 4 nitrogen and oxygen atoms in total. The lowest BCUT2D eigenvalue weighted by atomic mass is 10.3. The maximum Gasteiger partial charge on any atom is 0.203 e. The van der Waals surface area contributed by atoms with Gasteiger partial charge >= 0.3 is 0 Å². The normalized spacial score (nSPS) is 15.2. The van der Waals surface area contributed by atoms with Crippen LogP contribution in [0.5, 0.6) is 0 Å². The lowest BCUT2D eigenvalue weighted by molar-refractivity contribution is 1.13. The molecule has 1 aliphatic carbocycles. The lowest BCUT2D eigenvalue weighted by Crippen LogP contribution is -1.99. The monoisotopic (exact) mass is 218 g/mol. The smallest absolute Gasteiger partial charge is 0.203 e. The minimum atomic E-state index is 0.620. The average Bonchev–Trinajstić information content (AvgIpc) is 2.96. The van der Waals surface area contributed by atoms with Crippen LogP contribution in [-0.2, 0) is 0 Å². The minimum Gasteiger partial charge on any atom is -0.358 e. The Morgan fingerprint density at radius 3 is 3.00 bits per heavy atom. The van der Waals surface area contributed by atoms with Crippen molar-refractivity contribution in [2.24, 2.45) is 0 Å². The minimum absolute atomic E-state index is 0.620. The summed E-state index contributed by atoms with van der Waals surface area (Å²) in [5, 5.41) is 4.22. The maximum absolute atomic E-state index is 4.39. The van der Waals surface area contributed by atoms with Gasteiger partial charge in [0.15, 0.2) is 5.82 Å². The molecule has 0 atom stereocenters. The standard InChI is InChI=1S/C10H10N4S/c1-2-6-11-8(3-1)9-13-10(15-14-9)12-7-4-5-7/h1-3,6-7H,4-5H2,(H,12,13,14). The van der Waals surface area contributed by atoms with Crippen molar-refractivity contribution in [3.05, 3.63) is 24.4 Å². The van der Waals surface area contributed by atoms with Gasteiger partial charge in [0.05, 0.1) is 0 Å². The molecule has 0 bridgehead atoms. The third kappa shape index (κ3) is 1.97. The van der Waals surface area contributed by atoms with Crippen LogP contribution in [0, 0.1) is 0 Å². The Morgan fingerprint density at radius 1 is 1.33 bits per heavy atom. The second kappa shape index (κ2) is 3.58. The van der Waals surface area contributed by atoms with Crippen molar-refractivity contribution in [3.8, 4) is 11.5 Å². The molecular formula is C10H10N4S. The fraction of sp³-hybridized carbons (Fsp3) is 0.300. The molecule has 0 aromatic carbocycles. The maximum atomic E-state index is 4.39. The van der Waals surface area contributed by atoms with E-state index in [1.807, 2.05) is 18.2 Å². The molecule has 5 heteroatoms. The van der Waals surface area contributed by atoms with Crippen LogP contribution in [0.3, 0.4) is 0 Å². The van der Waals surface area contributed by atoms with Gasteiger partial charge in [-0.15, -0.1) is 0 Å². The molecule has 0 saturated heterocycles. The van der Waals surface area contributed by atoms with E-state index in [0.29, 0.717) is 11.9 Å². The van der Waals surface area contributed by atoms with Crippen molar-refractivity contribution in [1.29, 1.82) is 0 Å². The molecule has 2 heterocycles. The highest BCUT2D eigenvalue weighted by Crippen LogP contribution is 2.26. The first-order valence-corrected chi connectivity index (χ1v) is 5.71. The van der Waals surface area contributed by atoms with Crippen molar-refractivity contribution in [3.63, 3.8) is 0 Å². The first-order valence-electron chi connectivity index (χ1n) is 4.93. The number of nitrogens with one attached hydrogen (secondary N) is 1. The van der Waals surface area contributed by atoms with Crippen LogP contribution in [0.2, 0.25) is 0 Å². The SMILES string of the molecule is c1ccc(-c2nsc(NC3CC3)n2)nc1. The molecule has 0 spiro atoms. The summed E-state index contributed by atoms with van der Waals surface area (Å²) in [6.45, 7) is 0. The summed E-state index contributed by atoms with van der Waals surface area (Å²) in [5.74, 6) is 0.712. The third-order valence-corrected chi connectivity index (χ3v) is 2.87. The summed E-state index contributed by atoms with van der Waals surface area (Å²) in [6, 6.07) is 6.37. The molecule has 2 aromatic heterocycles. The third-order valence-electron chi connectivity index (χ3n) is 2.22. The molecule has 1 N–H and O–H groups in total. The van der Waals surface area contributed by atoms with Crippen LogP contribution >= 0.6 is 11.5 Å². The largest absolute Gasteiger partial charge is 0.358 e. The zero-order chi connectivity index (χ0) is 10.1. The highest BCUT2D eigenvalue weighted by atomic mass is 32.1. The van der Waals surface area contributed by atoms with E-state index in [9.17, 15) is 0 Å². The number of rotatable bonds is 3. The van der Waals surface area contributed by atoms with Crippen molar-refractivity contribution < 1.29 is 0 Å². The van der Waals surface area contributed by atoms with E-state index in [4.69, 9.17) is 0 Å². The van der Waals surface area contributed by atoms with Crippen LogP contribution < -0.4 is 5.32 Å². The topological polar surface area (TPSA) is 50.7 Å². The van der Waals surface area contributed by atoms with Gasteiger partial charge in [0.1, 0.15) is 5.69 Å². The molecule has 0 amide bonds. The van der Waals surface area contributed by atoms with E-state index in [2.05, 4.69) is 19.7 Å². The molecule has 1 aliphatic rings. The molecule has 0 aliphatic heterocycles. The predicted octanol–water partition coefficient (Wildman–Crippen LogP) is 2.17. The van der Waals surface area contributed by atoms with Crippen molar-refractivity contribution >= 4 is 16.7 Å². The Morgan fingerprint density at radius 2 is 2.27 bits per heavy atom. The van der Waals surface area contributed by atoms with Crippen LogP contribution in [0.1, 0.15) is 12.8 Å². The summed E-state index contributed by atoms with van der Waals surface area (Å²) in [6.07, 6.45) is 4.25. The van der Waals surface area contributed by atoms with Gasteiger partial charge in [0.2, 0.25) is 5.13 Å². The van der Waals surface area contributed by atoms with Crippen LogP contribution in [0.4, 0.5) is 5.13 Å². The number of hydrogen-bond donors (Lipinski definition) is 1. The number of anilines is 1. The van der Waals surface area contributed by atoms with Crippen molar-refractivity contribution in [2.75, 3.05) is 5.32 Å². The van der Waals surface area contributed by atoms with Crippen molar-refractivity contribution in [2.45, 2.75) is 18.9 Å².